The Labute approximate surface area is 109 Å². The third-order valence-electron chi connectivity index (χ3n) is 4.47. The summed E-state index contributed by atoms with van der Waals surface area (Å²) in [6, 6.07) is 0. The number of hydrogen-bond donors (Lipinski definition) is 0. The van der Waals surface area contributed by atoms with Gasteiger partial charge in [-0.3, -0.25) is 0 Å². The molecule has 0 N–H and O–H groups in total. The molecule has 1 aliphatic carbocycles. The molecule has 0 spiro atoms. The summed E-state index contributed by atoms with van der Waals surface area (Å²) in [6.07, 6.45) is 17.6. The molecule has 100 valence electrons. The van der Waals surface area contributed by atoms with Crippen LogP contribution in [0.1, 0.15) is 78.6 Å². The van der Waals surface area contributed by atoms with E-state index in [-0.39, 0.29) is 0 Å². The maximum absolute atomic E-state index is 2.51. The van der Waals surface area contributed by atoms with Gasteiger partial charge in [0, 0.05) is 0 Å². The van der Waals surface area contributed by atoms with Crippen molar-refractivity contribution >= 4 is 0 Å². The number of rotatable bonds is 8. The molecule has 1 aliphatic rings. The largest absolute Gasteiger partial charge is 0.0882 e. The molecule has 0 heterocycles. The van der Waals surface area contributed by atoms with Gasteiger partial charge in [-0.25, -0.2) is 0 Å². The Hall–Kier alpha value is -0.260. The highest BCUT2D eigenvalue weighted by Crippen LogP contribution is 2.36. The average Bonchev–Trinajstić information content (AvgIpc) is 2.35. The molecular weight excluding hydrogens is 204 g/mol. The van der Waals surface area contributed by atoms with Crippen LogP contribution in [-0.4, -0.2) is 0 Å². The van der Waals surface area contributed by atoms with Gasteiger partial charge in [-0.15, -0.1) is 0 Å². The highest BCUT2D eigenvalue weighted by atomic mass is 14.3. The van der Waals surface area contributed by atoms with E-state index in [1.165, 1.54) is 57.8 Å². The van der Waals surface area contributed by atoms with Gasteiger partial charge in [-0.1, -0.05) is 71.4 Å². The van der Waals surface area contributed by atoms with Crippen LogP contribution < -0.4 is 0 Å². The summed E-state index contributed by atoms with van der Waals surface area (Å²) in [6.45, 7) is 7.12. The van der Waals surface area contributed by atoms with E-state index in [1.54, 1.807) is 0 Å². The van der Waals surface area contributed by atoms with Crippen molar-refractivity contribution < 1.29 is 0 Å². The molecule has 0 aromatic carbocycles. The third kappa shape index (κ3) is 5.27. The van der Waals surface area contributed by atoms with Gasteiger partial charge in [0.2, 0.25) is 0 Å². The molecule has 0 aliphatic heterocycles. The summed E-state index contributed by atoms with van der Waals surface area (Å²) in [5, 5.41) is 0. The van der Waals surface area contributed by atoms with Gasteiger partial charge >= 0.3 is 0 Å². The number of allylic oxidation sites excluding steroid dienone is 2. The SMILES string of the molecule is CCCCCCC(C)C1CCC=CC1CCC. The van der Waals surface area contributed by atoms with E-state index in [0.717, 1.165) is 17.8 Å². The first-order valence-corrected chi connectivity index (χ1v) is 7.96. The molecule has 1 rings (SSSR count). The van der Waals surface area contributed by atoms with E-state index >= 15 is 0 Å². The van der Waals surface area contributed by atoms with Crippen LogP contribution in [0.5, 0.6) is 0 Å². The molecule has 0 heteroatoms. The molecule has 0 saturated carbocycles. The fraction of sp³-hybridized carbons (Fsp3) is 0.882. The van der Waals surface area contributed by atoms with Crippen molar-refractivity contribution in [3.8, 4) is 0 Å². The van der Waals surface area contributed by atoms with Crippen LogP contribution >= 0.6 is 0 Å². The average molecular weight is 236 g/mol. The molecule has 0 bridgehead atoms. The molecule has 3 unspecified atom stereocenters. The Kier molecular flexibility index (Phi) is 7.64. The van der Waals surface area contributed by atoms with E-state index in [0.29, 0.717) is 0 Å². The van der Waals surface area contributed by atoms with Crippen molar-refractivity contribution in [3.05, 3.63) is 12.2 Å². The molecule has 0 saturated heterocycles. The Morgan fingerprint density at radius 3 is 2.65 bits per heavy atom. The molecule has 0 nitrogen and oxygen atoms in total. The fourth-order valence-electron chi connectivity index (χ4n) is 3.37. The highest BCUT2D eigenvalue weighted by molar-refractivity contribution is 4.98. The monoisotopic (exact) mass is 236 g/mol. The maximum Gasteiger partial charge on any atom is -0.0203 e. The lowest BCUT2D eigenvalue weighted by Gasteiger charge is -2.32. The molecule has 0 aromatic rings. The quantitative estimate of drug-likeness (QED) is 0.359. The second-order valence-electron chi connectivity index (χ2n) is 5.95. The van der Waals surface area contributed by atoms with Crippen LogP contribution in [0.2, 0.25) is 0 Å². The molecule has 0 radical (unpaired) electrons. The Morgan fingerprint density at radius 1 is 1.12 bits per heavy atom. The van der Waals surface area contributed by atoms with Gasteiger partial charge < -0.3 is 0 Å². The second-order valence-corrected chi connectivity index (χ2v) is 5.95. The first kappa shape index (κ1) is 14.8. The summed E-state index contributed by atoms with van der Waals surface area (Å²) < 4.78 is 0. The first-order chi connectivity index (χ1) is 8.29. The zero-order valence-corrected chi connectivity index (χ0v) is 12.3. The van der Waals surface area contributed by atoms with Crippen molar-refractivity contribution in [3.63, 3.8) is 0 Å². The zero-order chi connectivity index (χ0) is 12.5. The lowest BCUT2D eigenvalue weighted by Crippen LogP contribution is -2.22. The summed E-state index contributed by atoms with van der Waals surface area (Å²) in [4.78, 5) is 0. The predicted molar refractivity (Wildman–Crippen MR) is 78.2 cm³/mol. The van der Waals surface area contributed by atoms with E-state index in [2.05, 4.69) is 32.9 Å². The van der Waals surface area contributed by atoms with Gasteiger partial charge in [0.1, 0.15) is 0 Å². The summed E-state index contributed by atoms with van der Waals surface area (Å²) >= 11 is 0. The maximum atomic E-state index is 2.51. The lowest BCUT2D eigenvalue weighted by atomic mass is 9.73. The van der Waals surface area contributed by atoms with Gasteiger partial charge in [0.05, 0.1) is 0 Å². The predicted octanol–water partition coefficient (Wildman–Crippen LogP) is 5.98. The molecule has 0 aromatic heterocycles. The zero-order valence-electron chi connectivity index (χ0n) is 12.3. The smallest absolute Gasteiger partial charge is 0.0203 e. The minimum absolute atomic E-state index is 0.884. The van der Waals surface area contributed by atoms with Gasteiger partial charge in [-0.05, 0) is 37.0 Å². The Morgan fingerprint density at radius 2 is 1.94 bits per heavy atom. The van der Waals surface area contributed by atoms with Crippen LogP contribution in [-0.2, 0) is 0 Å². The van der Waals surface area contributed by atoms with Crippen LogP contribution in [0.4, 0.5) is 0 Å². The van der Waals surface area contributed by atoms with Gasteiger partial charge in [-0.2, -0.15) is 0 Å². The van der Waals surface area contributed by atoms with E-state index in [4.69, 9.17) is 0 Å². The molecule has 17 heavy (non-hydrogen) atoms. The number of hydrogen-bond acceptors (Lipinski definition) is 0. The molecule has 0 fully saturated rings. The van der Waals surface area contributed by atoms with Gasteiger partial charge in [0.15, 0.2) is 0 Å². The number of unbranched alkanes of at least 4 members (excludes halogenated alkanes) is 3. The van der Waals surface area contributed by atoms with Crippen LogP contribution in [0.3, 0.4) is 0 Å². The van der Waals surface area contributed by atoms with Crippen molar-refractivity contribution in [1.29, 1.82) is 0 Å². The molecule has 0 amide bonds. The normalized spacial score (nSPS) is 26.1. The Bertz CT molecular complexity index is 204. The third-order valence-corrected chi connectivity index (χ3v) is 4.47. The molecular formula is C17H32. The minimum Gasteiger partial charge on any atom is -0.0882 e. The van der Waals surface area contributed by atoms with Crippen LogP contribution in [0, 0.1) is 17.8 Å². The van der Waals surface area contributed by atoms with Crippen LogP contribution in [0.15, 0.2) is 12.2 Å². The summed E-state index contributed by atoms with van der Waals surface area (Å²) in [7, 11) is 0. The fourth-order valence-corrected chi connectivity index (χ4v) is 3.37. The summed E-state index contributed by atoms with van der Waals surface area (Å²) in [5.74, 6) is 2.80. The van der Waals surface area contributed by atoms with E-state index in [9.17, 15) is 0 Å². The Balaban J connectivity index is 2.32. The minimum atomic E-state index is 0.884. The topological polar surface area (TPSA) is 0 Å². The van der Waals surface area contributed by atoms with Crippen molar-refractivity contribution in [2.75, 3.05) is 0 Å². The second kappa shape index (κ2) is 8.78. The molecule has 3 atom stereocenters. The standard InChI is InChI=1S/C17H32/c1-4-6-7-8-12-15(3)17-14-10-9-13-16(17)11-5-2/h9,13,15-17H,4-8,10-12,14H2,1-3H3. The van der Waals surface area contributed by atoms with Crippen molar-refractivity contribution in [2.45, 2.75) is 78.6 Å². The van der Waals surface area contributed by atoms with E-state index < -0.39 is 0 Å². The van der Waals surface area contributed by atoms with Crippen molar-refractivity contribution in [1.82, 2.24) is 0 Å². The van der Waals surface area contributed by atoms with Gasteiger partial charge in [0.25, 0.3) is 0 Å². The van der Waals surface area contributed by atoms with Crippen molar-refractivity contribution in [2.24, 2.45) is 17.8 Å². The summed E-state index contributed by atoms with van der Waals surface area (Å²) in [5.41, 5.74) is 0. The highest BCUT2D eigenvalue weighted by Gasteiger charge is 2.25. The van der Waals surface area contributed by atoms with Crippen LogP contribution in [0.25, 0.3) is 0 Å². The first-order valence-electron chi connectivity index (χ1n) is 7.96. The lowest BCUT2D eigenvalue weighted by molar-refractivity contribution is 0.226. The van der Waals surface area contributed by atoms with E-state index in [1.807, 2.05) is 0 Å².